The predicted molar refractivity (Wildman–Crippen MR) is 95.7 cm³/mol. The second kappa shape index (κ2) is 7.05. The normalized spacial score (nSPS) is 16.2. The number of ether oxygens (including phenoxy) is 3. The average molecular weight is 341 g/mol. The summed E-state index contributed by atoms with van der Waals surface area (Å²) in [5.74, 6) is 1.81. The third-order valence-electron chi connectivity index (χ3n) is 4.79. The van der Waals surface area contributed by atoms with Crippen LogP contribution in [-0.2, 0) is 6.42 Å². The van der Waals surface area contributed by atoms with Gasteiger partial charge in [-0.25, -0.2) is 0 Å². The molecule has 1 aliphatic rings. The lowest BCUT2D eigenvalue weighted by atomic mass is 9.92. The fraction of sp³-hybridized carbons (Fsp3) is 0.350. The van der Waals surface area contributed by atoms with Gasteiger partial charge in [-0.1, -0.05) is 12.1 Å². The lowest BCUT2D eigenvalue weighted by molar-refractivity contribution is 0.0670. The van der Waals surface area contributed by atoms with Crippen molar-refractivity contribution in [2.75, 3.05) is 27.9 Å². The van der Waals surface area contributed by atoms with Crippen LogP contribution in [0.15, 0.2) is 36.4 Å². The monoisotopic (exact) mass is 341 g/mol. The van der Waals surface area contributed by atoms with Crippen molar-refractivity contribution in [2.45, 2.75) is 19.4 Å². The number of methoxy groups -OCH3 is 3. The number of nitrogens with zero attached hydrogens (tertiary/aromatic N) is 1. The Morgan fingerprint density at radius 2 is 1.72 bits per heavy atom. The first-order valence-corrected chi connectivity index (χ1v) is 8.29. The lowest BCUT2D eigenvalue weighted by Gasteiger charge is -2.36. The first-order chi connectivity index (χ1) is 12.1. The van der Waals surface area contributed by atoms with Crippen LogP contribution < -0.4 is 14.2 Å². The van der Waals surface area contributed by atoms with E-state index in [0.717, 1.165) is 17.7 Å². The van der Waals surface area contributed by atoms with E-state index in [0.29, 0.717) is 23.6 Å². The van der Waals surface area contributed by atoms with E-state index >= 15 is 0 Å². The number of carbonyl (C=O) groups excluding carboxylic acids is 1. The van der Waals surface area contributed by atoms with E-state index in [-0.39, 0.29) is 11.9 Å². The van der Waals surface area contributed by atoms with Gasteiger partial charge in [0.2, 0.25) is 0 Å². The maximum Gasteiger partial charge on any atom is 0.261 e. The molecular formula is C20H23NO4. The van der Waals surface area contributed by atoms with Crippen molar-refractivity contribution in [1.82, 2.24) is 4.90 Å². The summed E-state index contributed by atoms with van der Waals surface area (Å²) in [7, 11) is 4.79. The highest BCUT2D eigenvalue weighted by Crippen LogP contribution is 2.36. The van der Waals surface area contributed by atoms with Crippen LogP contribution in [0.2, 0.25) is 0 Å². The van der Waals surface area contributed by atoms with Gasteiger partial charge in [0.25, 0.3) is 5.91 Å². The lowest BCUT2D eigenvalue weighted by Crippen LogP contribution is -2.39. The van der Waals surface area contributed by atoms with Gasteiger partial charge in [0, 0.05) is 6.54 Å². The third-order valence-corrected chi connectivity index (χ3v) is 4.79. The molecule has 2 aromatic rings. The van der Waals surface area contributed by atoms with E-state index in [4.69, 9.17) is 14.2 Å². The zero-order valence-electron chi connectivity index (χ0n) is 15.0. The molecule has 1 aliphatic heterocycles. The van der Waals surface area contributed by atoms with E-state index in [9.17, 15) is 4.79 Å². The van der Waals surface area contributed by atoms with Crippen LogP contribution in [-0.4, -0.2) is 38.7 Å². The van der Waals surface area contributed by atoms with Gasteiger partial charge >= 0.3 is 0 Å². The van der Waals surface area contributed by atoms with E-state index in [1.54, 1.807) is 33.5 Å². The van der Waals surface area contributed by atoms with Gasteiger partial charge in [-0.2, -0.15) is 0 Å². The molecule has 5 nitrogen and oxygen atoms in total. The number of amides is 1. The average Bonchev–Trinajstić information content (AvgIpc) is 2.66. The first-order valence-electron chi connectivity index (χ1n) is 8.29. The van der Waals surface area contributed by atoms with Crippen LogP contribution >= 0.6 is 0 Å². The molecule has 0 saturated carbocycles. The molecule has 0 bridgehead atoms. The van der Waals surface area contributed by atoms with Crippen molar-refractivity contribution in [3.05, 3.63) is 53.1 Å². The van der Waals surface area contributed by atoms with Crippen molar-refractivity contribution >= 4 is 5.91 Å². The molecule has 0 aliphatic carbocycles. The van der Waals surface area contributed by atoms with Crippen LogP contribution in [0, 0.1) is 0 Å². The SMILES string of the molecule is COc1ccc2c(c1)CCN(C(=O)c1c(OC)cccc1OC)C2C. The Labute approximate surface area is 148 Å². The minimum Gasteiger partial charge on any atom is -0.497 e. The van der Waals surface area contributed by atoms with Crippen LogP contribution in [0.25, 0.3) is 0 Å². The molecule has 0 saturated heterocycles. The van der Waals surface area contributed by atoms with E-state index in [2.05, 4.69) is 6.07 Å². The molecule has 2 aromatic carbocycles. The number of benzene rings is 2. The Hall–Kier alpha value is -2.69. The number of carbonyl (C=O) groups is 1. The van der Waals surface area contributed by atoms with Gasteiger partial charge in [-0.05, 0) is 48.7 Å². The summed E-state index contributed by atoms with van der Waals surface area (Å²) in [5, 5.41) is 0. The third kappa shape index (κ3) is 3.02. The van der Waals surface area contributed by atoms with Crippen molar-refractivity contribution in [1.29, 1.82) is 0 Å². The van der Waals surface area contributed by atoms with Crippen molar-refractivity contribution in [3.8, 4) is 17.2 Å². The number of hydrogen-bond donors (Lipinski definition) is 0. The Morgan fingerprint density at radius 1 is 1.04 bits per heavy atom. The Balaban J connectivity index is 1.97. The van der Waals surface area contributed by atoms with E-state index in [1.165, 1.54) is 5.56 Å². The van der Waals surface area contributed by atoms with Crippen molar-refractivity contribution in [3.63, 3.8) is 0 Å². The minimum absolute atomic E-state index is 0.0308. The summed E-state index contributed by atoms with van der Waals surface area (Å²) in [6.07, 6.45) is 0.792. The van der Waals surface area contributed by atoms with Gasteiger partial charge in [-0.15, -0.1) is 0 Å². The molecule has 1 unspecified atom stereocenters. The zero-order valence-corrected chi connectivity index (χ0v) is 15.0. The van der Waals surface area contributed by atoms with Crippen molar-refractivity contribution < 1.29 is 19.0 Å². The molecule has 0 radical (unpaired) electrons. The van der Waals surface area contributed by atoms with Crippen LogP contribution in [0.4, 0.5) is 0 Å². The molecular weight excluding hydrogens is 318 g/mol. The van der Waals surface area contributed by atoms with Crippen LogP contribution in [0.3, 0.4) is 0 Å². The minimum atomic E-state index is -0.0803. The summed E-state index contributed by atoms with van der Waals surface area (Å²) in [6.45, 7) is 2.69. The molecule has 132 valence electrons. The molecule has 1 heterocycles. The van der Waals surface area contributed by atoms with Gasteiger partial charge in [0.1, 0.15) is 22.8 Å². The maximum atomic E-state index is 13.2. The summed E-state index contributed by atoms with van der Waals surface area (Å²) < 4.78 is 16.1. The molecule has 0 fully saturated rings. The van der Waals surface area contributed by atoms with Gasteiger partial charge in [0.05, 0.1) is 27.4 Å². The molecule has 0 aromatic heterocycles. The van der Waals surface area contributed by atoms with E-state index in [1.807, 2.05) is 30.0 Å². The van der Waals surface area contributed by atoms with Gasteiger partial charge < -0.3 is 19.1 Å². The highest BCUT2D eigenvalue weighted by atomic mass is 16.5. The van der Waals surface area contributed by atoms with Gasteiger partial charge in [-0.3, -0.25) is 4.79 Å². The highest BCUT2D eigenvalue weighted by Gasteiger charge is 2.31. The Kier molecular flexibility index (Phi) is 4.83. The fourth-order valence-electron chi connectivity index (χ4n) is 3.42. The summed E-state index contributed by atoms with van der Waals surface area (Å²) in [4.78, 5) is 15.1. The summed E-state index contributed by atoms with van der Waals surface area (Å²) >= 11 is 0. The topological polar surface area (TPSA) is 48.0 Å². The standard InChI is InChI=1S/C20H23NO4/c1-13-16-9-8-15(23-2)12-14(16)10-11-21(13)20(22)19-17(24-3)6-5-7-18(19)25-4/h5-9,12-13H,10-11H2,1-4H3. The first kappa shape index (κ1) is 17.1. The second-order valence-corrected chi connectivity index (χ2v) is 6.03. The molecule has 5 heteroatoms. The molecule has 25 heavy (non-hydrogen) atoms. The molecule has 0 spiro atoms. The van der Waals surface area contributed by atoms with Gasteiger partial charge in [0.15, 0.2) is 0 Å². The summed E-state index contributed by atoms with van der Waals surface area (Å²) in [5.41, 5.74) is 2.84. The smallest absolute Gasteiger partial charge is 0.261 e. The summed E-state index contributed by atoms with van der Waals surface area (Å²) in [6, 6.07) is 11.4. The second-order valence-electron chi connectivity index (χ2n) is 6.03. The fourth-order valence-corrected chi connectivity index (χ4v) is 3.42. The largest absolute Gasteiger partial charge is 0.497 e. The predicted octanol–water partition coefficient (Wildman–Crippen LogP) is 3.47. The number of hydrogen-bond acceptors (Lipinski definition) is 4. The number of fused-ring (bicyclic) bond motifs is 1. The maximum absolute atomic E-state index is 13.2. The Bertz CT molecular complexity index is 765. The zero-order chi connectivity index (χ0) is 18.0. The van der Waals surface area contributed by atoms with Crippen LogP contribution in [0.5, 0.6) is 17.2 Å². The molecule has 0 N–H and O–H groups in total. The quantitative estimate of drug-likeness (QED) is 0.854. The molecule has 1 amide bonds. The van der Waals surface area contributed by atoms with E-state index < -0.39 is 0 Å². The molecule has 3 rings (SSSR count). The Morgan fingerprint density at radius 3 is 2.32 bits per heavy atom. The van der Waals surface area contributed by atoms with Crippen LogP contribution in [0.1, 0.15) is 34.5 Å². The number of rotatable bonds is 4. The van der Waals surface area contributed by atoms with Crippen molar-refractivity contribution in [2.24, 2.45) is 0 Å². The highest BCUT2D eigenvalue weighted by molar-refractivity contribution is 6.00. The molecule has 1 atom stereocenters.